The first kappa shape index (κ1) is 17.7. The van der Waals surface area contributed by atoms with Crippen molar-refractivity contribution in [1.29, 1.82) is 0 Å². The van der Waals surface area contributed by atoms with E-state index in [1.54, 1.807) is 19.1 Å². The third kappa shape index (κ3) is 7.47. The molecule has 7 nitrogen and oxygen atoms in total. The maximum Gasteiger partial charge on any atom is 0.325 e. The summed E-state index contributed by atoms with van der Waals surface area (Å²) in [4.78, 5) is 34.0. The van der Waals surface area contributed by atoms with Gasteiger partial charge in [0, 0.05) is 13.0 Å². The number of hydrogen-bond acceptors (Lipinski definition) is 5. The summed E-state index contributed by atoms with van der Waals surface area (Å²) in [6.07, 6.45) is 4.09. The van der Waals surface area contributed by atoms with Crippen molar-refractivity contribution in [2.45, 2.75) is 32.6 Å². The van der Waals surface area contributed by atoms with Crippen LogP contribution >= 0.6 is 0 Å². The Kier molecular flexibility index (Phi) is 8.40. The first-order valence-electron chi connectivity index (χ1n) is 7.37. The lowest BCUT2D eigenvalue weighted by Crippen LogP contribution is -2.30. The molecule has 1 rings (SSSR count). The van der Waals surface area contributed by atoms with Crippen molar-refractivity contribution in [3.8, 4) is 0 Å². The van der Waals surface area contributed by atoms with Gasteiger partial charge in [0.25, 0.3) is 5.91 Å². The molecule has 0 aromatic carbocycles. The average Bonchev–Trinajstić information content (AvgIpc) is 3.03. The highest BCUT2D eigenvalue weighted by atomic mass is 16.5. The van der Waals surface area contributed by atoms with Gasteiger partial charge in [0.05, 0.1) is 12.9 Å². The molecule has 0 aliphatic carbocycles. The molecule has 22 heavy (non-hydrogen) atoms. The Balaban J connectivity index is 1.97. The van der Waals surface area contributed by atoms with Crippen LogP contribution in [-0.4, -0.2) is 37.5 Å². The molecule has 122 valence electrons. The van der Waals surface area contributed by atoms with Crippen LogP contribution in [0.15, 0.2) is 22.8 Å². The van der Waals surface area contributed by atoms with E-state index in [0.717, 1.165) is 12.8 Å². The minimum atomic E-state index is -0.434. The molecular formula is C15H22N2O5. The number of hydrogen-bond donors (Lipinski definition) is 2. The minimum absolute atomic E-state index is 0.0914. The summed E-state index contributed by atoms with van der Waals surface area (Å²) >= 11 is 0. The fraction of sp³-hybridized carbons (Fsp3) is 0.533. The molecule has 0 fully saturated rings. The van der Waals surface area contributed by atoms with Crippen molar-refractivity contribution >= 4 is 17.8 Å². The smallest absolute Gasteiger partial charge is 0.325 e. The van der Waals surface area contributed by atoms with E-state index in [0.29, 0.717) is 31.8 Å². The van der Waals surface area contributed by atoms with Crippen molar-refractivity contribution in [2.24, 2.45) is 0 Å². The van der Waals surface area contributed by atoms with Crippen molar-refractivity contribution in [3.63, 3.8) is 0 Å². The number of esters is 1. The Bertz CT molecular complexity index is 470. The van der Waals surface area contributed by atoms with Crippen LogP contribution in [0.4, 0.5) is 0 Å². The standard InChI is InChI=1S/C15H22N2O5/c1-2-21-14(19)11-17-13(18)8-4-3-5-9-16-15(20)12-7-6-10-22-12/h6-7,10H,2-5,8-9,11H2,1H3,(H,16,20)(H,17,18). The number of nitrogens with one attached hydrogen (secondary N) is 2. The van der Waals surface area contributed by atoms with E-state index >= 15 is 0 Å². The summed E-state index contributed by atoms with van der Waals surface area (Å²) in [6.45, 7) is 2.46. The highest BCUT2D eigenvalue weighted by molar-refractivity contribution is 5.91. The third-order valence-corrected chi connectivity index (χ3v) is 2.85. The molecule has 0 unspecified atom stereocenters. The minimum Gasteiger partial charge on any atom is -0.465 e. The second kappa shape index (κ2) is 10.4. The fourth-order valence-electron chi connectivity index (χ4n) is 1.76. The summed E-state index contributed by atoms with van der Waals surface area (Å²) < 4.78 is 9.67. The van der Waals surface area contributed by atoms with Crippen molar-refractivity contribution < 1.29 is 23.5 Å². The van der Waals surface area contributed by atoms with Gasteiger partial charge < -0.3 is 19.8 Å². The van der Waals surface area contributed by atoms with Gasteiger partial charge in [0.2, 0.25) is 5.91 Å². The van der Waals surface area contributed by atoms with Crippen LogP contribution in [0.25, 0.3) is 0 Å². The number of carbonyl (C=O) groups excluding carboxylic acids is 3. The molecular weight excluding hydrogens is 288 g/mol. The Hall–Kier alpha value is -2.31. The van der Waals surface area contributed by atoms with E-state index in [1.807, 2.05) is 0 Å². The zero-order chi connectivity index (χ0) is 16.2. The van der Waals surface area contributed by atoms with E-state index in [4.69, 9.17) is 9.15 Å². The average molecular weight is 310 g/mol. The Labute approximate surface area is 129 Å². The highest BCUT2D eigenvalue weighted by Gasteiger charge is 2.07. The van der Waals surface area contributed by atoms with Gasteiger partial charge in [-0.1, -0.05) is 6.42 Å². The van der Waals surface area contributed by atoms with E-state index in [-0.39, 0.29) is 18.4 Å². The number of amides is 2. The van der Waals surface area contributed by atoms with Gasteiger partial charge in [-0.3, -0.25) is 14.4 Å². The number of unbranched alkanes of at least 4 members (excludes halogenated alkanes) is 2. The largest absolute Gasteiger partial charge is 0.465 e. The maximum atomic E-state index is 11.5. The van der Waals surface area contributed by atoms with Gasteiger partial charge in [-0.2, -0.15) is 0 Å². The quantitative estimate of drug-likeness (QED) is 0.500. The lowest BCUT2D eigenvalue weighted by molar-refractivity contribution is -0.143. The Morgan fingerprint density at radius 1 is 1.18 bits per heavy atom. The lowest BCUT2D eigenvalue weighted by Gasteiger charge is -2.05. The molecule has 0 radical (unpaired) electrons. The SMILES string of the molecule is CCOC(=O)CNC(=O)CCCCCNC(=O)c1ccco1. The molecule has 1 aromatic heterocycles. The lowest BCUT2D eigenvalue weighted by atomic mass is 10.2. The first-order chi connectivity index (χ1) is 10.6. The molecule has 0 aliphatic rings. The van der Waals surface area contributed by atoms with E-state index < -0.39 is 5.97 Å². The fourth-order valence-corrected chi connectivity index (χ4v) is 1.76. The number of carbonyl (C=O) groups is 3. The van der Waals surface area contributed by atoms with Crippen LogP contribution in [0.3, 0.4) is 0 Å². The molecule has 7 heteroatoms. The van der Waals surface area contributed by atoms with Gasteiger partial charge in [0.1, 0.15) is 6.54 Å². The molecule has 0 spiro atoms. The van der Waals surface area contributed by atoms with Gasteiger partial charge in [-0.25, -0.2) is 0 Å². The summed E-state index contributed by atoms with van der Waals surface area (Å²) in [7, 11) is 0. The van der Waals surface area contributed by atoms with Crippen LogP contribution in [0.1, 0.15) is 43.2 Å². The summed E-state index contributed by atoms with van der Waals surface area (Å²) in [5, 5.41) is 5.23. The number of ether oxygens (including phenoxy) is 1. The van der Waals surface area contributed by atoms with Crippen molar-refractivity contribution in [3.05, 3.63) is 24.2 Å². The van der Waals surface area contributed by atoms with E-state index in [9.17, 15) is 14.4 Å². The topological polar surface area (TPSA) is 97.6 Å². The molecule has 0 aliphatic heterocycles. The van der Waals surface area contributed by atoms with E-state index in [1.165, 1.54) is 6.26 Å². The molecule has 2 amide bonds. The molecule has 0 saturated carbocycles. The van der Waals surface area contributed by atoms with Gasteiger partial charge in [0.15, 0.2) is 5.76 Å². The third-order valence-electron chi connectivity index (χ3n) is 2.85. The molecule has 2 N–H and O–H groups in total. The number of furan rings is 1. The zero-order valence-electron chi connectivity index (χ0n) is 12.7. The maximum absolute atomic E-state index is 11.5. The number of rotatable bonds is 10. The predicted molar refractivity (Wildman–Crippen MR) is 79.2 cm³/mol. The van der Waals surface area contributed by atoms with Crippen LogP contribution in [0, 0.1) is 0 Å². The highest BCUT2D eigenvalue weighted by Crippen LogP contribution is 2.01. The summed E-state index contributed by atoms with van der Waals surface area (Å²) in [5.41, 5.74) is 0. The van der Waals surface area contributed by atoms with E-state index in [2.05, 4.69) is 10.6 Å². The van der Waals surface area contributed by atoms with Gasteiger partial charge in [-0.15, -0.1) is 0 Å². The molecule has 0 saturated heterocycles. The Morgan fingerprint density at radius 2 is 2.00 bits per heavy atom. The van der Waals surface area contributed by atoms with Crippen LogP contribution in [0.5, 0.6) is 0 Å². The normalized spacial score (nSPS) is 10.0. The molecule has 1 aromatic rings. The van der Waals surface area contributed by atoms with Crippen LogP contribution in [0.2, 0.25) is 0 Å². The van der Waals surface area contributed by atoms with Crippen molar-refractivity contribution in [1.82, 2.24) is 10.6 Å². The molecule has 1 heterocycles. The zero-order valence-corrected chi connectivity index (χ0v) is 12.7. The van der Waals surface area contributed by atoms with Gasteiger partial charge in [-0.05, 0) is 31.9 Å². The monoisotopic (exact) mass is 310 g/mol. The second-order valence-corrected chi connectivity index (χ2v) is 4.63. The first-order valence-corrected chi connectivity index (χ1v) is 7.37. The summed E-state index contributed by atoms with van der Waals surface area (Å²) in [6, 6.07) is 3.26. The second-order valence-electron chi connectivity index (χ2n) is 4.63. The predicted octanol–water partition coefficient (Wildman–Crippen LogP) is 1.25. The Morgan fingerprint density at radius 3 is 2.68 bits per heavy atom. The summed E-state index contributed by atoms with van der Waals surface area (Å²) in [5.74, 6) is -0.556. The van der Waals surface area contributed by atoms with Crippen LogP contribution < -0.4 is 10.6 Å². The molecule has 0 atom stereocenters. The molecule has 0 bridgehead atoms. The van der Waals surface area contributed by atoms with Gasteiger partial charge >= 0.3 is 5.97 Å². The van der Waals surface area contributed by atoms with Crippen molar-refractivity contribution in [2.75, 3.05) is 19.7 Å². The van der Waals surface area contributed by atoms with Crippen LogP contribution in [-0.2, 0) is 14.3 Å².